The van der Waals surface area contributed by atoms with Gasteiger partial charge in [-0.15, -0.1) is 0 Å². The molecule has 0 aromatic carbocycles. The molecule has 1 aliphatic carbocycles. The largest absolute Gasteiger partial charge is 0.472 e. The van der Waals surface area contributed by atoms with Gasteiger partial charge in [-0.05, 0) is 24.8 Å². The third-order valence-electron chi connectivity index (χ3n) is 3.92. The molecule has 2 rings (SSSR count). The topological polar surface area (TPSA) is 42.4 Å². The summed E-state index contributed by atoms with van der Waals surface area (Å²) in [6.45, 7) is 6.36. The molecule has 102 valence electrons. The van der Waals surface area contributed by atoms with Crippen LogP contribution in [-0.4, -0.2) is 24.0 Å². The van der Waals surface area contributed by atoms with E-state index in [-0.39, 0.29) is 0 Å². The summed E-state index contributed by atoms with van der Waals surface area (Å²) in [5.74, 6) is 0.673. The lowest BCUT2D eigenvalue weighted by Gasteiger charge is -2.36. The van der Waals surface area contributed by atoms with Gasteiger partial charge in [0.2, 0.25) is 0 Å². The monoisotopic (exact) mass is 250 g/mol. The Labute approximate surface area is 110 Å². The minimum atomic E-state index is 0.314. The minimum absolute atomic E-state index is 0.314. The summed E-state index contributed by atoms with van der Waals surface area (Å²) >= 11 is 0. The Kier molecular flexibility index (Phi) is 4.84. The maximum absolute atomic E-state index is 6.02. The van der Waals surface area contributed by atoms with Crippen LogP contribution in [0.2, 0.25) is 0 Å². The Hall–Kier alpha value is -0.800. The lowest BCUT2D eigenvalue weighted by Crippen LogP contribution is -2.42. The maximum Gasteiger partial charge on any atom is 0.0950 e. The minimum Gasteiger partial charge on any atom is -0.472 e. The predicted molar refractivity (Wildman–Crippen MR) is 74.3 cm³/mol. The van der Waals surface area contributed by atoms with Crippen molar-refractivity contribution in [2.75, 3.05) is 13.1 Å². The third kappa shape index (κ3) is 3.15. The average molecular weight is 250 g/mol. The van der Waals surface area contributed by atoms with E-state index in [2.05, 4.69) is 24.8 Å². The molecular weight excluding hydrogens is 224 g/mol. The first-order valence-corrected chi connectivity index (χ1v) is 7.20. The second-order valence-electron chi connectivity index (χ2n) is 5.84. The fourth-order valence-corrected chi connectivity index (χ4v) is 3.12. The van der Waals surface area contributed by atoms with Gasteiger partial charge < -0.3 is 10.2 Å². The Balaban J connectivity index is 2.14. The fourth-order valence-electron chi connectivity index (χ4n) is 3.12. The quantitative estimate of drug-likeness (QED) is 0.843. The molecule has 1 unspecified atom stereocenters. The molecule has 2 N–H and O–H groups in total. The van der Waals surface area contributed by atoms with Gasteiger partial charge in [0.05, 0.1) is 18.6 Å². The molecule has 3 heteroatoms. The highest BCUT2D eigenvalue weighted by molar-refractivity contribution is 5.13. The molecule has 0 radical (unpaired) electrons. The van der Waals surface area contributed by atoms with Crippen LogP contribution in [0.5, 0.6) is 0 Å². The van der Waals surface area contributed by atoms with Gasteiger partial charge in [0, 0.05) is 24.7 Å². The lowest BCUT2D eigenvalue weighted by atomic mass is 10.0. The maximum atomic E-state index is 6.02. The number of furan rings is 1. The first-order valence-electron chi connectivity index (χ1n) is 7.20. The molecule has 1 heterocycles. The Bertz CT molecular complexity index is 328. The van der Waals surface area contributed by atoms with Gasteiger partial charge in [-0.25, -0.2) is 0 Å². The molecule has 1 aromatic heterocycles. The Morgan fingerprint density at radius 2 is 2.11 bits per heavy atom. The normalized spacial score (nSPS) is 18.9. The average Bonchev–Trinajstić information content (AvgIpc) is 3.01. The van der Waals surface area contributed by atoms with Gasteiger partial charge in [0.25, 0.3) is 0 Å². The van der Waals surface area contributed by atoms with Gasteiger partial charge in [-0.1, -0.05) is 26.7 Å². The summed E-state index contributed by atoms with van der Waals surface area (Å²) in [4.78, 5) is 2.61. The third-order valence-corrected chi connectivity index (χ3v) is 3.92. The number of nitrogens with two attached hydrogens (primary N) is 1. The van der Waals surface area contributed by atoms with Gasteiger partial charge >= 0.3 is 0 Å². The number of nitrogens with zero attached hydrogens (tertiary/aromatic N) is 1. The molecule has 0 spiro atoms. The molecule has 1 aromatic rings. The molecule has 18 heavy (non-hydrogen) atoms. The molecule has 3 nitrogen and oxygen atoms in total. The zero-order valence-corrected chi connectivity index (χ0v) is 11.6. The van der Waals surface area contributed by atoms with Crippen molar-refractivity contribution in [3.8, 4) is 0 Å². The van der Waals surface area contributed by atoms with Crippen LogP contribution in [0.1, 0.15) is 51.1 Å². The molecule has 0 amide bonds. The van der Waals surface area contributed by atoms with E-state index in [9.17, 15) is 0 Å². The van der Waals surface area contributed by atoms with E-state index >= 15 is 0 Å². The van der Waals surface area contributed by atoms with Crippen LogP contribution in [-0.2, 0) is 0 Å². The standard InChI is InChI=1S/C15H26N2O/c1-12(2)10-17(14-5-3-4-6-14)15(9-16)13-7-8-18-11-13/h7-8,11-12,14-15H,3-6,9-10,16H2,1-2H3. The number of rotatable bonds is 6. The summed E-state index contributed by atoms with van der Waals surface area (Å²) in [6, 6.07) is 3.07. The molecule has 1 aliphatic rings. The van der Waals surface area contributed by atoms with Gasteiger partial charge in [-0.2, -0.15) is 0 Å². The smallest absolute Gasteiger partial charge is 0.0950 e. The van der Waals surface area contributed by atoms with E-state index in [4.69, 9.17) is 10.2 Å². The van der Waals surface area contributed by atoms with E-state index < -0.39 is 0 Å². The highest BCUT2D eigenvalue weighted by Crippen LogP contribution is 2.31. The van der Waals surface area contributed by atoms with Crippen molar-refractivity contribution in [2.24, 2.45) is 11.7 Å². The van der Waals surface area contributed by atoms with Gasteiger partial charge in [0.15, 0.2) is 0 Å². The second-order valence-corrected chi connectivity index (χ2v) is 5.84. The number of hydrogen-bond acceptors (Lipinski definition) is 3. The van der Waals surface area contributed by atoms with Crippen LogP contribution in [0.25, 0.3) is 0 Å². The van der Waals surface area contributed by atoms with Crippen molar-refractivity contribution in [3.63, 3.8) is 0 Å². The zero-order chi connectivity index (χ0) is 13.0. The summed E-state index contributed by atoms with van der Waals surface area (Å²) in [6.07, 6.45) is 8.96. The predicted octanol–water partition coefficient (Wildman–Crippen LogP) is 3.18. The van der Waals surface area contributed by atoms with E-state index in [1.165, 1.54) is 31.2 Å². The molecule has 0 aliphatic heterocycles. The Morgan fingerprint density at radius 1 is 1.39 bits per heavy atom. The summed E-state index contributed by atoms with van der Waals surface area (Å²) in [5.41, 5.74) is 7.25. The first kappa shape index (κ1) is 13.6. The van der Waals surface area contributed by atoms with E-state index in [0.717, 1.165) is 6.54 Å². The molecule has 0 saturated heterocycles. The van der Waals surface area contributed by atoms with Crippen LogP contribution in [0.15, 0.2) is 23.0 Å². The second kappa shape index (κ2) is 6.39. The molecule has 1 saturated carbocycles. The molecule has 0 bridgehead atoms. The summed E-state index contributed by atoms with van der Waals surface area (Å²) < 4.78 is 5.23. The van der Waals surface area contributed by atoms with Crippen LogP contribution < -0.4 is 5.73 Å². The van der Waals surface area contributed by atoms with E-state index in [0.29, 0.717) is 24.5 Å². The van der Waals surface area contributed by atoms with Crippen LogP contribution >= 0.6 is 0 Å². The lowest BCUT2D eigenvalue weighted by molar-refractivity contribution is 0.121. The molecule has 1 atom stereocenters. The van der Waals surface area contributed by atoms with E-state index in [1.807, 2.05) is 6.26 Å². The van der Waals surface area contributed by atoms with Crippen molar-refractivity contribution < 1.29 is 4.42 Å². The van der Waals surface area contributed by atoms with Crippen LogP contribution in [0.4, 0.5) is 0 Å². The Morgan fingerprint density at radius 3 is 2.61 bits per heavy atom. The van der Waals surface area contributed by atoms with Crippen molar-refractivity contribution in [3.05, 3.63) is 24.2 Å². The van der Waals surface area contributed by atoms with Crippen molar-refractivity contribution >= 4 is 0 Å². The number of hydrogen-bond donors (Lipinski definition) is 1. The fraction of sp³-hybridized carbons (Fsp3) is 0.733. The van der Waals surface area contributed by atoms with Gasteiger partial charge in [0.1, 0.15) is 0 Å². The van der Waals surface area contributed by atoms with Crippen LogP contribution in [0.3, 0.4) is 0 Å². The van der Waals surface area contributed by atoms with E-state index in [1.54, 1.807) is 6.26 Å². The summed E-state index contributed by atoms with van der Waals surface area (Å²) in [5, 5.41) is 0. The van der Waals surface area contributed by atoms with Crippen molar-refractivity contribution in [1.82, 2.24) is 4.90 Å². The summed E-state index contributed by atoms with van der Waals surface area (Å²) in [7, 11) is 0. The molecule has 1 fully saturated rings. The molecular formula is C15H26N2O. The first-order chi connectivity index (χ1) is 8.72. The zero-order valence-electron chi connectivity index (χ0n) is 11.6. The van der Waals surface area contributed by atoms with Crippen molar-refractivity contribution in [2.45, 2.75) is 51.6 Å². The highest BCUT2D eigenvalue weighted by atomic mass is 16.3. The highest BCUT2D eigenvalue weighted by Gasteiger charge is 2.29. The van der Waals surface area contributed by atoms with Crippen LogP contribution in [0, 0.1) is 5.92 Å². The SMILES string of the molecule is CC(C)CN(C1CCCC1)C(CN)c1ccoc1. The van der Waals surface area contributed by atoms with Gasteiger partial charge in [-0.3, -0.25) is 4.90 Å². The van der Waals surface area contributed by atoms with Crippen molar-refractivity contribution in [1.29, 1.82) is 0 Å².